The molecule has 0 radical (unpaired) electrons. The number of hydrogen-bond donors (Lipinski definition) is 2. The molecule has 0 bridgehead atoms. The summed E-state index contributed by atoms with van der Waals surface area (Å²) in [5, 5.41) is 6.23. The Balaban J connectivity index is 0.00000242. The van der Waals surface area contributed by atoms with Gasteiger partial charge in [-0.1, -0.05) is 0 Å². The van der Waals surface area contributed by atoms with Crippen LogP contribution in [-0.4, -0.2) is 32.7 Å². The highest BCUT2D eigenvalue weighted by Gasteiger charge is 2.16. The van der Waals surface area contributed by atoms with E-state index < -0.39 is 0 Å². The van der Waals surface area contributed by atoms with Crippen LogP contribution >= 0.6 is 12.4 Å². The van der Waals surface area contributed by atoms with Crippen molar-refractivity contribution in [3.05, 3.63) is 18.2 Å². The zero-order valence-electron chi connectivity index (χ0n) is 13.2. The van der Waals surface area contributed by atoms with Gasteiger partial charge in [0, 0.05) is 18.2 Å². The van der Waals surface area contributed by atoms with Crippen molar-refractivity contribution in [2.45, 2.75) is 26.2 Å². The van der Waals surface area contributed by atoms with Gasteiger partial charge in [0.15, 0.2) is 11.5 Å². The molecule has 5 nitrogen and oxygen atoms in total. The van der Waals surface area contributed by atoms with Crippen molar-refractivity contribution >= 4 is 24.0 Å². The first-order valence-electron chi connectivity index (χ1n) is 7.54. The molecule has 1 fully saturated rings. The lowest BCUT2D eigenvalue weighted by Gasteiger charge is -2.12. The van der Waals surface area contributed by atoms with Gasteiger partial charge in [0.05, 0.1) is 13.7 Å². The number of hydrogen-bond acceptors (Lipinski definition) is 4. The van der Waals surface area contributed by atoms with Crippen molar-refractivity contribution in [1.29, 1.82) is 0 Å². The van der Waals surface area contributed by atoms with E-state index in [0.29, 0.717) is 30.4 Å². The predicted octanol–water partition coefficient (Wildman–Crippen LogP) is 2.84. The lowest BCUT2D eigenvalue weighted by Crippen LogP contribution is -2.15. The van der Waals surface area contributed by atoms with Gasteiger partial charge in [0.1, 0.15) is 0 Å². The van der Waals surface area contributed by atoms with Gasteiger partial charge in [-0.25, -0.2) is 0 Å². The number of benzene rings is 1. The molecule has 1 aliphatic rings. The summed E-state index contributed by atoms with van der Waals surface area (Å²) in [7, 11) is 1.59. The monoisotopic (exact) mass is 328 g/mol. The molecule has 1 aliphatic heterocycles. The molecule has 0 saturated carbocycles. The molecule has 6 heteroatoms. The normalized spacial score (nSPS) is 16.7. The Kier molecular flexibility index (Phi) is 8.06. The second-order valence-electron chi connectivity index (χ2n) is 5.24. The van der Waals surface area contributed by atoms with E-state index in [9.17, 15) is 4.79 Å². The lowest BCUT2D eigenvalue weighted by atomic mass is 10.0. The molecule has 2 rings (SSSR count). The first kappa shape index (κ1) is 18.6. The number of nitrogens with one attached hydrogen (secondary N) is 2. The molecule has 1 amide bonds. The molecule has 1 aromatic rings. The van der Waals surface area contributed by atoms with E-state index in [1.165, 1.54) is 6.42 Å². The van der Waals surface area contributed by atoms with Gasteiger partial charge in [0.25, 0.3) is 0 Å². The quantitative estimate of drug-likeness (QED) is 0.808. The minimum absolute atomic E-state index is 0. The average molecular weight is 329 g/mol. The number of carbonyl (C=O) groups excluding carboxylic acids is 1. The highest BCUT2D eigenvalue weighted by molar-refractivity contribution is 5.91. The maximum absolute atomic E-state index is 12.0. The van der Waals surface area contributed by atoms with Crippen molar-refractivity contribution in [3.63, 3.8) is 0 Å². The average Bonchev–Trinajstić information content (AvgIpc) is 3.00. The molecule has 22 heavy (non-hydrogen) atoms. The van der Waals surface area contributed by atoms with Crippen molar-refractivity contribution in [1.82, 2.24) is 5.32 Å². The van der Waals surface area contributed by atoms with E-state index in [0.717, 1.165) is 25.2 Å². The van der Waals surface area contributed by atoms with Crippen LogP contribution in [0.5, 0.6) is 11.5 Å². The lowest BCUT2D eigenvalue weighted by molar-refractivity contribution is -0.116. The van der Waals surface area contributed by atoms with Crippen LogP contribution in [0.15, 0.2) is 18.2 Å². The fraction of sp³-hybridized carbons (Fsp3) is 0.562. The van der Waals surface area contributed by atoms with Crippen LogP contribution in [0.4, 0.5) is 5.69 Å². The maximum atomic E-state index is 12.0. The summed E-state index contributed by atoms with van der Waals surface area (Å²) in [6, 6.07) is 5.45. The first-order valence-corrected chi connectivity index (χ1v) is 7.54. The summed E-state index contributed by atoms with van der Waals surface area (Å²) in [6.45, 7) is 4.61. The van der Waals surface area contributed by atoms with Crippen LogP contribution < -0.4 is 20.1 Å². The second-order valence-corrected chi connectivity index (χ2v) is 5.24. The highest BCUT2D eigenvalue weighted by atomic mass is 35.5. The highest BCUT2D eigenvalue weighted by Crippen LogP contribution is 2.30. The Morgan fingerprint density at radius 2 is 2.23 bits per heavy atom. The van der Waals surface area contributed by atoms with Crippen molar-refractivity contribution in [2.75, 3.05) is 32.1 Å². The fourth-order valence-corrected chi connectivity index (χ4v) is 2.54. The van der Waals surface area contributed by atoms with Crippen molar-refractivity contribution in [3.8, 4) is 11.5 Å². The molecule has 1 atom stereocenters. The Labute approximate surface area is 138 Å². The Hall–Kier alpha value is -1.46. The van der Waals surface area contributed by atoms with E-state index in [1.54, 1.807) is 13.2 Å². The third kappa shape index (κ3) is 5.39. The number of methoxy groups -OCH3 is 1. The Morgan fingerprint density at radius 1 is 1.41 bits per heavy atom. The van der Waals surface area contributed by atoms with E-state index in [1.807, 2.05) is 19.1 Å². The topological polar surface area (TPSA) is 59.6 Å². The van der Waals surface area contributed by atoms with Gasteiger partial charge < -0.3 is 20.1 Å². The molecule has 1 heterocycles. The molecular weight excluding hydrogens is 304 g/mol. The van der Waals surface area contributed by atoms with Gasteiger partial charge >= 0.3 is 0 Å². The van der Waals surface area contributed by atoms with Crippen LogP contribution in [0, 0.1) is 5.92 Å². The van der Waals surface area contributed by atoms with Crippen LogP contribution in [0.25, 0.3) is 0 Å². The van der Waals surface area contributed by atoms with Gasteiger partial charge in [-0.15, -0.1) is 12.4 Å². The van der Waals surface area contributed by atoms with E-state index >= 15 is 0 Å². The summed E-state index contributed by atoms with van der Waals surface area (Å²) >= 11 is 0. The molecule has 124 valence electrons. The van der Waals surface area contributed by atoms with E-state index in [2.05, 4.69) is 10.6 Å². The maximum Gasteiger partial charge on any atom is 0.224 e. The van der Waals surface area contributed by atoms with Gasteiger partial charge in [0.2, 0.25) is 5.91 Å². The largest absolute Gasteiger partial charge is 0.493 e. The van der Waals surface area contributed by atoms with E-state index in [-0.39, 0.29) is 18.3 Å². The predicted molar refractivity (Wildman–Crippen MR) is 90.3 cm³/mol. The summed E-state index contributed by atoms with van der Waals surface area (Å²) in [4.78, 5) is 12.0. The van der Waals surface area contributed by atoms with Crippen molar-refractivity contribution < 1.29 is 14.3 Å². The number of halogens is 1. The number of amides is 1. The summed E-state index contributed by atoms with van der Waals surface area (Å²) < 4.78 is 10.7. The first-order chi connectivity index (χ1) is 10.2. The molecular formula is C16H25ClN2O3. The minimum atomic E-state index is 0. The van der Waals surface area contributed by atoms with Gasteiger partial charge in [-0.3, -0.25) is 4.79 Å². The minimum Gasteiger partial charge on any atom is -0.493 e. The molecule has 0 aliphatic carbocycles. The molecule has 0 spiro atoms. The second kappa shape index (κ2) is 9.54. The molecule has 1 saturated heterocycles. The zero-order valence-corrected chi connectivity index (χ0v) is 14.0. The number of carbonyl (C=O) groups is 1. The van der Waals surface area contributed by atoms with Gasteiger partial charge in [-0.2, -0.15) is 0 Å². The standard InChI is InChI=1S/C16H24N2O3.ClH/c1-3-21-14-6-5-13(10-15(14)20-2)18-16(19)7-4-12-8-9-17-11-12;/h5-6,10,12,17H,3-4,7-9,11H2,1-2H3,(H,18,19);1H. The van der Waals surface area contributed by atoms with Crippen LogP contribution in [-0.2, 0) is 4.79 Å². The summed E-state index contributed by atoms with van der Waals surface area (Å²) in [5.41, 5.74) is 0.741. The summed E-state index contributed by atoms with van der Waals surface area (Å²) in [5.74, 6) is 2.00. The smallest absolute Gasteiger partial charge is 0.224 e. The summed E-state index contributed by atoms with van der Waals surface area (Å²) in [6.07, 6.45) is 2.67. The molecule has 0 aromatic heterocycles. The number of anilines is 1. The number of rotatable bonds is 7. The zero-order chi connectivity index (χ0) is 15.1. The van der Waals surface area contributed by atoms with Crippen LogP contribution in [0.3, 0.4) is 0 Å². The van der Waals surface area contributed by atoms with E-state index in [4.69, 9.17) is 9.47 Å². The third-order valence-corrected chi connectivity index (χ3v) is 3.69. The Bertz CT molecular complexity index is 476. The molecule has 1 aromatic carbocycles. The molecule has 1 unspecified atom stereocenters. The van der Waals surface area contributed by atoms with Crippen LogP contribution in [0.2, 0.25) is 0 Å². The third-order valence-electron chi connectivity index (χ3n) is 3.69. The van der Waals surface area contributed by atoms with Gasteiger partial charge in [-0.05, 0) is 50.9 Å². The van der Waals surface area contributed by atoms with Crippen LogP contribution in [0.1, 0.15) is 26.2 Å². The molecule has 2 N–H and O–H groups in total. The fourth-order valence-electron chi connectivity index (χ4n) is 2.54. The van der Waals surface area contributed by atoms with Crippen molar-refractivity contribution in [2.24, 2.45) is 5.92 Å². The Morgan fingerprint density at radius 3 is 2.86 bits per heavy atom. The number of ether oxygens (including phenoxy) is 2. The SMILES string of the molecule is CCOc1ccc(NC(=O)CCC2CCNC2)cc1OC.Cl.